The van der Waals surface area contributed by atoms with Crippen LogP contribution in [0.25, 0.3) is 0 Å². The van der Waals surface area contributed by atoms with Gasteiger partial charge in [0.25, 0.3) is 5.91 Å². The average molecular weight is 366 g/mol. The lowest BCUT2D eigenvalue weighted by molar-refractivity contribution is 0.0260. The number of ether oxygens (including phenoxy) is 1. The minimum atomic E-state index is 0.133. The molecule has 2 aliphatic heterocycles. The number of nitrogens with zero attached hydrogens (tertiary/aromatic N) is 3. The number of hydrogen-bond donors (Lipinski definition) is 1. The molecule has 1 N–H and O–H groups in total. The topological polar surface area (TPSA) is 67.3 Å². The third-order valence-corrected chi connectivity index (χ3v) is 5.61. The number of hydrogen-bond acceptors (Lipinski definition) is 5. The van der Waals surface area contributed by atoms with Gasteiger partial charge in [-0.1, -0.05) is 17.7 Å². The van der Waals surface area contributed by atoms with Crippen molar-refractivity contribution in [3.8, 4) is 0 Å². The van der Waals surface area contributed by atoms with Gasteiger partial charge < -0.3 is 15.0 Å². The maximum Gasteiger partial charge on any atom is 0.253 e. The number of piperidine rings is 1. The van der Waals surface area contributed by atoms with Gasteiger partial charge in [0.15, 0.2) is 0 Å². The van der Waals surface area contributed by atoms with E-state index in [0.717, 1.165) is 44.5 Å². The summed E-state index contributed by atoms with van der Waals surface area (Å²) < 4.78 is 6.05. The van der Waals surface area contributed by atoms with Crippen LogP contribution in [0.2, 0.25) is 0 Å². The summed E-state index contributed by atoms with van der Waals surface area (Å²) in [7, 11) is 0. The van der Waals surface area contributed by atoms with Crippen LogP contribution >= 0.6 is 0 Å². The summed E-state index contributed by atoms with van der Waals surface area (Å²) in [6, 6.07) is 9.88. The fourth-order valence-corrected chi connectivity index (χ4v) is 4.08. The molecular formula is C21H26N4O2. The van der Waals surface area contributed by atoms with Crippen molar-refractivity contribution < 1.29 is 9.53 Å². The summed E-state index contributed by atoms with van der Waals surface area (Å²) >= 11 is 0. The lowest BCUT2D eigenvalue weighted by Gasteiger charge is -2.36. The molecule has 2 aliphatic rings. The van der Waals surface area contributed by atoms with Crippen LogP contribution < -0.4 is 5.32 Å². The zero-order valence-corrected chi connectivity index (χ0v) is 15.7. The monoisotopic (exact) mass is 366 g/mol. The lowest BCUT2D eigenvalue weighted by Crippen LogP contribution is -2.44. The smallest absolute Gasteiger partial charge is 0.253 e. The second-order valence-electron chi connectivity index (χ2n) is 7.44. The summed E-state index contributed by atoms with van der Waals surface area (Å²) in [4.78, 5) is 23.2. The normalized spacial score (nSPS) is 23.4. The van der Waals surface area contributed by atoms with Crippen LogP contribution in [0.5, 0.6) is 0 Å². The van der Waals surface area contributed by atoms with E-state index in [1.807, 2.05) is 42.2 Å². The SMILES string of the molecule is Cc1ccc(C(=O)N2CCC([C@@H]3OCC[C@H]3Nc3ncccn3)CC2)cc1. The number of rotatable bonds is 4. The summed E-state index contributed by atoms with van der Waals surface area (Å²) in [5, 5.41) is 3.43. The molecule has 6 nitrogen and oxygen atoms in total. The van der Waals surface area contributed by atoms with Gasteiger partial charge in [0.1, 0.15) is 0 Å². The van der Waals surface area contributed by atoms with Gasteiger partial charge in [-0.3, -0.25) is 4.79 Å². The average Bonchev–Trinajstić information content (AvgIpc) is 3.17. The van der Waals surface area contributed by atoms with E-state index < -0.39 is 0 Å². The third-order valence-electron chi connectivity index (χ3n) is 5.61. The van der Waals surface area contributed by atoms with Crippen LogP contribution in [0.1, 0.15) is 35.2 Å². The van der Waals surface area contributed by atoms with E-state index in [2.05, 4.69) is 15.3 Å². The van der Waals surface area contributed by atoms with Crippen molar-refractivity contribution in [3.63, 3.8) is 0 Å². The Morgan fingerprint density at radius 2 is 1.81 bits per heavy atom. The van der Waals surface area contributed by atoms with Crippen molar-refractivity contribution in [3.05, 3.63) is 53.9 Å². The second-order valence-corrected chi connectivity index (χ2v) is 7.44. The number of nitrogens with one attached hydrogen (secondary N) is 1. The number of benzene rings is 1. The van der Waals surface area contributed by atoms with E-state index in [1.54, 1.807) is 12.4 Å². The standard InChI is InChI=1S/C21H26N4O2/c1-15-3-5-17(6-4-15)20(26)25-12-7-16(8-13-25)19-18(9-14-27-19)24-21-22-10-2-11-23-21/h2-6,10-11,16,18-19H,7-9,12-14H2,1H3,(H,22,23,24)/t18-,19+/m1/s1. The molecule has 0 unspecified atom stereocenters. The third kappa shape index (κ3) is 4.11. The number of anilines is 1. The molecule has 27 heavy (non-hydrogen) atoms. The molecule has 4 rings (SSSR count). The number of carbonyl (C=O) groups excluding carboxylic acids is 1. The number of carbonyl (C=O) groups is 1. The quantitative estimate of drug-likeness (QED) is 0.901. The molecule has 6 heteroatoms. The van der Waals surface area contributed by atoms with Gasteiger partial charge in [0.05, 0.1) is 12.1 Å². The molecule has 142 valence electrons. The van der Waals surface area contributed by atoms with Gasteiger partial charge in [0.2, 0.25) is 5.95 Å². The Morgan fingerprint density at radius 1 is 1.11 bits per heavy atom. The predicted molar refractivity (Wildman–Crippen MR) is 104 cm³/mol. The second kappa shape index (κ2) is 8.05. The van der Waals surface area contributed by atoms with Crippen molar-refractivity contribution in [1.29, 1.82) is 0 Å². The van der Waals surface area contributed by atoms with E-state index in [1.165, 1.54) is 5.56 Å². The Balaban J connectivity index is 1.34. The van der Waals surface area contributed by atoms with E-state index in [-0.39, 0.29) is 18.1 Å². The Bertz CT molecular complexity index is 758. The maximum atomic E-state index is 12.7. The van der Waals surface area contributed by atoms with Gasteiger partial charge in [-0.05, 0) is 50.3 Å². The highest BCUT2D eigenvalue weighted by Gasteiger charge is 2.37. The number of aromatic nitrogens is 2. The van der Waals surface area contributed by atoms with Crippen molar-refractivity contribution in [1.82, 2.24) is 14.9 Å². The highest BCUT2D eigenvalue weighted by Crippen LogP contribution is 2.31. The fourth-order valence-electron chi connectivity index (χ4n) is 4.08. The Morgan fingerprint density at radius 3 is 2.52 bits per heavy atom. The molecule has 2 atom stereocenters. The number of aryl methyl sites for hydroxylation is 1. The zero-order chi connectivity index (χ0) is 18.6. The van der Waals surface area contributed by atoms with Crippen LogP contribution in [-0.2, 0) is 4.74 Å². The molecule has 0 radical (unpaired) electrons. The Kier molecular flexibility index (Phi) is 5.34. The molecule has 2 saturated heterocycles. The summed E-state index contributed by atoms with van der Waals surface area (Å²) in [5.41, 5.74) is 1.95. The van der Waals surface area contributed by atoms with Crippen LogP contribution in [-0.4, -0.2) is 52.6 Å². The lowest BCUT2D eigenvalue weighted by atomic mass is 9.87. The van der Waals surface area contributed by atoms with Crippen molar-refractivity contribution in [2.75, 3.05) is 25.0 Å². The Hall–Kier alpha value is -2.47. The van der Waals surface area contributed by atoms with Gasteiger partial charge in [-0.15, -0.1) is 0 Å². The largest absolute Gasteiger partial charge is 0.376 e. The molecule has 1 aromatic heterocycles. The van der Waals surface area contributed by atoms with Crippen LogP contribution in [0.15, 0.2) is 42.7 Å². The first-order chi connectivity index (χ1) is 13.2. The first kappa shape index (κ1) is 17.9. The van der Waals surface area contributed by atoms with Crippen molar-refractivity contribution in [2.45, 2.75) is 38.3 Å². The molecule has 1 aromatic carbocycles. The molecule has 2 aromatic rings. The van der Waals surface area contributed by atoms with E-state index in [9.17, 15) is 4.79 Å². The van der Waals surface area contributed by atoms with Crippen molar-refractivity contribution >= 4 is 11.9 Å². The van der Waals surface area contributed by atoms with Gasteiger partial charge in [0, 0.05) is 37.7 Å². The minimum absolute atomic E-state index is 0.133. The van der Waals surface area contributed by atoms with Gasteiger partial charge in [-0.2, -0.15) is 0 Å². The number of likely N-dealkylation sites (tertiary alicyclic amines) is 1. The molecule has 0 bridgehead atoms. The molecule has 0 aliphatic carbocycles. The van der Waals surface area contributed by atoms with Crippen molar-refractivity contribution in [2.24, 2.45) is 5.92 Å². The van der Waals surface area contributed by atoms with E-state index in [4.69, 9.17) is 4.74 Å². The summed E-state index contributed by atoms with van der Waals surface area (Å²) in [5.74, 6) is 1.24. The van der Waals surface area contributed by atoms with E-state index in [0.29, 0.717) is 11.9 Å². The zero-order valence-electron chi connectivity index (χ0n) is 15.7. The highest BCUT2D eigenvalue weighted by molar-refractivity contribution is 5.94. The first-order valence-corrected chi connectivity index (χ1v) is 9.72. The Labute approximate surface area is 160 Å². The van der Waals surface area contributed by atoms with Crippen LogP contribution in [0.3, 0.4) is 0 Å². The molecular weight excluding hydrogens is 340 g/mol. The summed E-state index contributed by atoms with van der Waals surface area (Å²) in [6.45, 7) is 4.36. The fraction of sp³-hybridized carbons (Fsp3) is 0.476. The van der Waals surface area contributed by atoms with Crippen LogP contribution in [0, 0.1) is 12.8 Å². The maximum absolute atomic E-state index is 12.7. The molecule has 1 amide bonds. The first-order valence-electron chi connectivity index (χ1n) is 9.72. The predicted octanol–water partition coefficient (Wildman–Crippen LogP) is 2.91. The van der Waals surface area contributed by atoms with E-state index >= 15 is 0 Å². The van der Waals surface area contributed by atoms with Crippen LogP contribution in [0.4, 0.5) is 5.95 Å². The molecule has 0 spiro atoms. The summed E-state index contributed by atoms with van der Waals surface area (Å²) in [6.07, 6.45) is 6.55. The minimum Gasteiger partial charge on any atom is -0.376 e. The highest BCUT2D eigenvalue weighted by atomic mass is 16.5. The number of amides is 1. The molecule has 3 heterocycles. The molecule has 2 fully saturated rings. The molecule has 0 saturated carbocycles. The van der Waals surface area contributed by atoms with Gasteiger partial charge >= 0.3 is 0 Å². The van der Waals surface area contributed by atoms with Gasteiger partial charge in [-0.25, -0.2) is 9.97 Å².